The zero-order valence-corrected chi connectivity index (χ0v) is 15.2. The van der Waals surface area contributed by atoms with Crippen LogP contribution in [-0.4, -0.2) is 10.4 Å². The number of carbonyl (C=O) groups excluding carboxylic acids is 1. The molecule has 3 nitrogen and oxygen atoms in total. The lowest BCUT2D eigenvalue weighted by Gasteiger charge is -2.11. The maximum absolute atomic E-state index is 12.5. The molecule has 0 N–H and O–H groups in total. The average molecular weight is 413 g/mol. The second kappa shape index (κ2) is 6.28. The normalized spacial score (nSPS) is 10.7. The summed E-state index contributed by atoms with van der Waals surface area (Å²) in [6.45, 7) is 5.94. The van der Waals surface area contributed by atoms with Crippen molar-refractivity contribution in [3.05, 3.63) is 65.9 Å². The van der Waals surface area contributed by atoms with E-state index in [1.807, 2.05) is 32.9 Å². The van der Waals surface area contributed by atoms with Gasteiger partial charge >= 0.3 is 0 Å². The van der Waals surface area contributed by atoms with Crippen molar-refractivity contribution in [2.24, 2.45) is 0 Å². The van der Waals surface area contributed by atoms with Crippen LogP contribution in [-0.2, 0) is 6.54 Å². The fourth-order valence-corrected chi connectivity index (χ4v) is 3.44. The van der Waals surface area contributed by atoms with E-state index in [9.17, 15) is 9.59 Å². The molecule has 0 aliphatic heterocycles. The second-order valence-corrected chi connectivity index (χ2v) is 6.88. The first-order valence-electron chi connectivity index (χ1n) is 6.46. The molecule has 1 aromatic heterocycles. The van der Waals surface area contributed by atoms with Gasteiger partial charge in [-0.15, -0.1) is 0 Å². The number of rotatable bonds is 3. The zero-order valence-electron chi connectivity index (χ0n) is 12.0. The molecule has 21 heavy (non-hydrogen) atoms. The molecule has 1 aromatic carbocycles. The molecular formula is C16H15Br2NO2. The van der Waals surface area contributed by atoms with E-state index in [4.69, 9.17) is 0 Å². The molecule has 0 bridgehead atoms. The quantitative estimate of drug-likeness (QED) is 0.709. The van der Waals surface area contributed by atoms with Gasteiger partial charge in [-0.05, 0) is 81.5 Å². The Hall–Kier alpha value is -1.20. The van der Waals surface area contributed by atoms with Gasteiger partial charge in [-0.3, -0.25) is 9.59 Å². The van der Waals surface area contributed by atoms with Crippen LogP contribution in [0.2, 0.25) is 0 Å². The first kappa shape index (κ1) is 16.2. The molecule has 0 saturated carbocycles. The van der Waals surface area contributed by atoms with E-state index in [2.05, 4.69) is 31.9 Å². The predicted octanol–water partition coefficient (Wildman–Crippen LogP) is 4.18. The number of pyridine rings is 1. The number of Topliss-reactive ketones (excluding diaryl/α,β-unsaturated/α-hetero) is 1. The van der Waals surface area contributed by atoms with Crippen molar-refractivity contribution < 1.29 is 4.79 Å². The van der Waals surface area contributed by atoms with Crippen LogP contribution in [0, 0.1) is 20.8 Å². The monoisotopic (exact) mass is 411 g/mol. The third-order valence-corrected chi connectivity index (χ3v) is 4.47. The molecule has 0 radical (unpaired) electrons. The topological polar surface area (TPSA) is 39.1 Å². The third-order valence-electron chi connectivity index (χ3n) is 3.46. The van der Waals surface area contributed by atoms with E-state index >= 15 is 0 Å². The lowest BCUT2D eigenvalue weighted by molar-refractivity contribution is 0.0970. The van der Waals surface area contributed by atoms with Crippen molar-refractivity contribution in [1.82, 2.24) is 4.57 Å². The highest BCUT2D eigenvalue weighted by Crippen LogP contribution is 2.17. The van der Waals surface area contributed by atoms with E-state index in [0.717, 1.165) is 21.2 Å². The first-order valence-corrected chi connectivity index (χ1v) is 8.04. The highest BCUT2D eigenvalue weighted by atomic mass is 79.9. The lowest BCUT2D eigenvalue weighted by Crippen LogP contribution is -2.24. The summed E-state index contributed by atoms with van der Waals surface area (Å²) < 4.78 is 2.59. The van der Waals surface area contributed by atoms with Gasteiger partial charge in [0.25, 0.3) is 5.56 Å². The highest BCUT2D eigenvalue weighted by molar-refractivity contribution is 9.11. The van der Waals surface area contributed by atoms with Crippen molar-refractivity contribution in [2.45, 2.75) is 27.3 Å². The smallest absolute Gasteiger partial charge is 0.265 e. The van der Waals surface area contributed by atoms with Crippen LogP contribution in [0.4, 0.5) is 0 Å². The molecule has 110 valence electrons. The van der Waals surface area contributed by atoms with E-state index in [1.54, 1.807) is 12.3 Å². The molecule has 0 aliphatic rings. The maximum Gasteiger partial charge on any atom is 0.265 e. The van der Waals surface area contributed by atoms with Crippen molar-refractivity contribution in [3.63, 3.8) is 0 Å². The second-order valence-electron chi connectivity index (χ2n) is 5.11. The molecule has 0 aliphatic carbocycles. The van der Waals surface area contributed by atoms with E-state index < -0.39 is 0 Å². The summed E-state index contributed by atoms with van der Waals surface area (Å²) in [7, 11) is 0. The van der Waals surface area contributed by atoms with Crippen molar-refractivity contribution in [3.8, 4) is 0 Å². The van der Waals surface area contributed by atoms with Gasteiger partial charge in [0.15, 0.2) is 5.78 Å². The minimum absolute atomic E-state index is 0.0280. The van der Waals surface area contributed by atoms with Crippen molar-refractivity contribution in [2.75, 3.05) is 0 Å². The Labute approximate surface area is 140 Å². The molecule has 0 amide bonds. The van der Waals surface area contributed by atoms with E-state index in [0.29, 0.717) is 10.0 Å². The summed E-state index contributed by atoms with van der Waals surface area (Å²) in [5.41, 5.74) is 3.62. The van der Waals surface area contributed by atoms with Crippen LogP contribution in [0.25, 0.3) is 0 Å². The Bertz CT molecular complexity index is 779. The molecule has 0 fully saturated rings. The first-order chi connectivity index (χ1) is 9.79. The predicted molar refractivity (Wildman–Crippen MR) is 91.1 cm³/mol. The number of ketones is 1. The molecule has 5 heteroatoms. The highest BCUT2D eigenvalue weighted by Gasteiger charge is 2.13. The van der Waals surface area contributed by atoms with Gasteiger partial charge in [0.05, 0.1) is 11.0 Å². The van der Waals surface area contributed by atoms with Gasteiger partial charge < -0.3 is 4.57 Å². The number of nitrogens with zero attached hydrogens (tertiary/aromatic N) is 1. The zero-order chi connectivity index (χ0) is 15.7. The van der Waals surface area contributed by atoms with Gasteiger partial charge in [-0.25, -0.2) is 0 Å². The molecule has 1 heterocycles. The molecule has 0 spiro atoms. The lowest BCUT2D eigenvalue weighted by atomic mass is 9.98. The Balaban J connectivity index is 2.39. The van der Waals surface area contributed by atoms with Gasteiger partial charge in [0, 0.05) is 16.2 Å². The van der Waals surface area contributed by atoms with Crippen LogP contribution in [0.3, 0.4) is 0 Å². The van der Waals surface area contributed by atoms with Gasteiger partial charge in [-0.2, -0.15) is 0 Å². The Kier molecular flexibility index (Phi) is 4.84. The maximum atomic E-state index is 12.5. The summed E-state index contributed by atoms with van der Waals surface area (Å²) in [5.74, 6) is -0.0669. The Morgan fingerprint density at radius 1 is 1.05 bits per heavy atom. The van der Waals surface area contributed by atoms with Crippen molar-refractivity contribution in [1.29, 1.82) is 0 Å². The third kappa shape index (κ3) is 3.52. The molecule has 0 saturated heterocycles. The fourth-order valence-electron chi connectivity index (χ4n) is 2.18. The number of hydrogen-bond acceptors (Lipinski definition) is 2. The van der Waals surface area contributed by atoms with Crippen LogP contribution < -0.4 is 5.56 Å². The largest absolute Gasteiger partial charge is 0.306 e. The number of hydrogen-bond donors (Lipinski definition) is 0. The standard InChI is InChI=1S/C16H15Br2NO2/c1-9-4-11(3)13(5-10(9)2)15(20)8-19-7-12(17)6-14(18)16(19)21/h4-7H,8H2,1-3H3. The molecule has 2 rings (SSSR count). The summed E-state index contributed by atoms with van der Waals surface area (Å²) >= 11 is 6.53. The van der Waals surface area contributed by atoms with Crippen LogP contribution >= 0.6 is 31.9 Å². The number of aromatic nitrogens is 1. The van der Waals surface area contributed by atoms with Crippen LogP contribution in [0.15, 0.2) is 38.1 Å². The number of benzene rings is 1. The summed E-state index contributed by atoms with van der Waals surface area (Å²) in [6, 6.07) is 5.57. The minimum Gasteiger partial charge on any atom is -0.306 e. The van der Waals surface area contributed by atoms with E-state index in [1.165, 1.54) is 4.57 Å². The number of halogens is 2. The van der Waals surface area contributed by atoms with Crippen LogP contribution in [0.1, 0.15) is 27.0 Å². The number of aryl methyl sites for hydroxylation is 3. The van der Waals surface area contributed by atoms with Gasteiger partial charge in [-0.1, -0.05) is 6.07 Å². The van der Waals surface area contributed by atoms with Crippen molar-refractivity contribution >= 4 is 37.6 Å². The van der Waals surface area contributed by atoms with Gasteiger partial charge in [0.2, 0.25) is 0 Å². The number of carbonyl (C=O) groups is 1. The molecule has 0 unspecified atom stereocenters. The fraction of sp³-hybridized carbons (Fsp3) is 0.250. The SMILES string of the molecule is Cc1cc(C)c(C(=O)Cn2cc(Br)cc(Br)c2=O)cc1C. The Morgan fingerprint density at radius 3 is 2.33 bits per heavy atom. The summed E-state index contributed by atoms with van der Waals surface area (Å²) in [6.07, 6.45) is 1.63. The summed E-state index contributed by atoms with van der Waals surface area (Å²) in [4.78, 5) is 24.5. The Morgan fingerprint density at radius 2 is 1.67 bits per heavy atom. The summed E-state index contributed by atoms with van der Waals surface area (Å²) in [5, 5.41) is 0. The average Bonchev–Trinajstić information content (AvgIpc) is 2.39. The molecule has 0 atom stereocenters. The van der Waals surface area contributed by atoms with Gasteiger partial charge in [0.1, 0.15) is 0 Å². The molecular weight excluding hydrogens is 398 g/mol. The molecule has 2 aromatic rings. The van der Waals surface area contributed by atoms with E-state index in [-0.39, 0.29) is 17.9 Å². The van der Waals surface area contributed by atoms with Crippen LogP contribution in [0.5, 0.6) is 0 Å². The minimum atomic E-state index is -0.215.